The maximum atomic E-state index is 15.3. The molecular formula is C22H17ClFNO3. The van der Waals surface area contributed by atoms with Crippen molar-refractivity contribution in [2.24, 2.45) is 0 Å². The molecule has 0 aromatic heterocycles. The van der Waals surface area contributed by atoms with Crippen molar-refractivity contribution in [3.8, 4) is 16.9 Å². The highest BCUT2D eigenvalue weighted by Gasteiger charge is 2.21. The molecule has 3 rings (SSSR count). The molecule has 0 spiro atoms. The summed E-state index contributed by atoms with van der Waals surface area (Å²) < 4.78 is 20.6. The molecule has 3 aromatic rings. The number of carbonyl (C=O) groups excluding carboxylic acids is 2. The molecule has 142 valence electrons. The van der Waals surface area contributed by atoms with Crippen LogP contribution in [0.1, 0.15) is 22.8 Å². The molecule has 0 unspecified atom stereocenters. The Labute approximate surface area is 166 Å². The molecule has 0 heterocycles. The number of hydrogen-bond donors (Lipinski definition) is 1. The van der Waals surface area contributed by atoms with E-state index in [4.69, 9.17) is 16.3 Å². The van der Waals surface area contributed by atoms with Crippen LogP contribution in [0, 0.1) is 5.82 Å². The van der Waals surface area contributed by atoms with Crippen LogP contribution in [0.4, 0.5) is 10.1 Å². The minimum Gasteiger partial charge on any atom is -0.496 e. The third-order valence-electron chi connectivity index (χ3n) is 4.15. The van der Waals surface area contributed by atoms with E-state index in [0.717, 1.165) is 0 Å². The molecular weight excluding hydrogens is 381 g/mol. The normalized spacial score (nSPS) is 10.4. The van der Waals surface area contributed by atoms with Crippen LogP contribution < -0.4 is 10.1 Å². The van der Waals surface area contributed by atoms with Crippen molar-refractivity contribution in [2.75, 3.05) is 12.4 Å². The number of ketones is 1. The van der Waals surface area contributed by atoms with Gasteiger partial charge in [-0.1, -0.05) is 23.7 Å². The van der Waals surface area contributed by atoms with E-state index in [0.29, 0.717) is 27.6 Å². The number of halogens is 2. The monoisotopic (exact) mass is 397 g/mol. The van der Waals surface area contributed by atoms with Gasteiger partial charge < -0.3 is 10.1 Å². The number of carbonyl (C=O) groups is 2. The second-order valence-corrected chi connectivity index (χ2v) is 6.54. The molecule has 1 amide bonds. The molecule has 0 aliphatic heterocycles. The number of methoxy groups -OCH3 is 1. The highest BCUT2D eigenvalue weighted by atomic mass is 35.5. The molecule has 6 heteroatoms. The number of nitrogens with one attached hydrogen (secondary N) is 1. The lowest BCUT2D eigenvalue weighted by molar-refractivity contribution is -0.114. The molecule has 0 saturated heterocycles. The fourth-order valence-electron chi connectivity index (χ4n) is 2.88. The van der Waals surface area contributed by atoms with Gasteiger partial charge in [0, 0.05) is 23.2 Å². The molecule has 4 nitrogen and oxygen atoms in total. The van der Waals surface area contributed by atoms with Gasteiger partial charge in [-0.2, -0.15) is 0 Å². The summed E-state index contributed by atoms with van der Waals surface area (Å²) in [5, 5.41) is 3.07. The van der Waals surface area contributed by atoms with Gasteiger partial charge in [-0.05, 0) is 54.1 Å². The Bertz CT molecular complexity index is 1050. The first-order chi connectivity index (χ1) is 13.4. The van der Waals surface area contributed by atoms with E-state index in [1.807, 2.05) is 0 Å². The number of ether oxygens (including phenoxy) is 1. The van der Waals surface area contributed by atoms with Crippen LogP contribution in [0.2, 0.25) is 5.02 Å². The number of hydrogen-bond acceptors (Lipinski definition) is 3. The van der Waals surface area contributed by atoms with E-state index in [2.05, 4.69) is 5.32 Å². The van der Waals surface area contributed by atoms with Gasteiger partial charge >= 0.3 is 0 Å². The van der Waals surface area contributed by atoms with Crippen molar-refractivity contribution in [1.82, 2.24) is 0 Å². The van der Waals surface area contributed by atoms with E-state index >= 15 is 4.39 Å². The third-order valence-corrected chi connectivity index (χ3v) is 4.38. The summed E-state index contributed by atoms with van der Waals surface area (Å²) >= 11 is 6.03. The van der Waals surface area contributed by atoms with Gasteiger partial charge in [-0.3, -0.25) is 9.59 Å². The molecule has 3 aromatic carbocycles. The van der Waals surface area contributed by atoms with Crippen molar-refractivity contribution in [2.45, 2.75) is 6.92 Å². The van der Waals surface area contributed by atoms with Gasteiger partial charge in [0.2, 0.25) is 5.91 Å². The maximum absolute atomic E-state index is 15.3. The zero-order chi connectivity index (χ0) is 20.3. The Kier molecular flexibility index (Phi) is 5.76. The number of benzene rings is 3. The molecule has 28 heavy (non-hydrogen) atoms. The highest BCUT2D eigenvalue weighted by molar-refractivity contribution is 6.30. The topological polar surface area (TPSA) is 55.4 Å². The van der Waals surface area contributed by atoms with E-state index in [1.165, 1.54) is 32.2 Å². The number of amides is 1. The summed E-state index contributed by atoms with van der Waals surface area (Å²) in [6.45, 7) is 1.39. The molecule has 0 radical (unpaired) electrons. The molecule has 0 aliphatic carbocycles. The van der Waals surface area contributed by atoms with Gasteiger partial charge in [0.25, 0.3) is 0 Å². The molecule has 0 aliphatic rings. The minimum atomic E-state index is -0.683. The second kappa shape index (κ2) is 8.23. The van der Waals surface area contributed by atoms with Crippen molar-refractivity contribution < 1.29 is 18.7 Å². The SMILES string of the molecule is COc1ccc(C(=O)c2ccc(NC(C)=O)cc2)c(F)c1-c1cccc(Cl)c1. The lowest BCUT2D eigenvalue weighted by Crippen LogP contribution is -2.08. The quantitative estimate of drug-likeness (QED) is 0.591. The molecule has 0 bridgehead atoms. The first kappa shape index (κ1) is 19.6. The van der Waals surface area contributed by atoms with Gasteiger partial charge in [-0.25, -0.2) is 4.39 Å². The molecule has 0 saturated carbocycles. The lowest BCUT2D eigenvalue weighted by atomic mass is 9.96. The van der Waals surface area contributed by atoms with Crippen LogP contribution in [0.15, 0.2) is 60.7 Å². The lowest BCUT2D eigenvalue weighted by Gasteiger charge is -2.13. The molecule has 1 N–H and O–H groups in total. The fraction of sp³-hybridized carbons (Fsp3) is 0.0909. The zero-order valence-corrected chi connectivity index (χ0v) is 16.0. The van der Waals surface area contributed by atoms with Gasteiger partial charge in [-0.15, -0.1) is 0 Å². The fourth-order valence-corrected chi connectivity index (χ4v) is 3.07. The van der Waals surface area contributed by atoms with E-state index < -0.39 is 11.6 Å². The molecule has 0 fully saturated rings. The summed E-state index contributed by atoms with van der Waals surface area (Å²) in [4.78, 5) is 24.0. The second-order valence-electron chi connectivity index (χ2n) is 6.10. The van der Waals surface area contributed by atoms with Crippen LogP contribution in [0.25, 0.3) is 11.1 Å². The average molecular weight is 398 g/mol. The summed E-state index contributed by atoms with van der Waals surface area (Å²) in [6, 6.07) is 15.9. The van der Waals surface area contributed by atoms with E-state index in [1.54, 1.807) is 42.5 Å². The highest BCUT2D eigenvalue weighted by Crippen LogP contribution is 2.36. The Morgan fingerprint density at radius 3 is 2.36 bits per heavy atom. The summed E-state index contributed by atoms with van der Waals surface area (Å²) in [6.07, 6.45) is 0. The van der Waals surface area contributed by atoms with Gasteiger partial charge in [0.15, 0.2) is 5.78 Å². The third kappa shape index (κ3) is 4.05. The first-order valence-electron chi connectivity index (χ1n) is 8.45. The van der Waals surface area contributed by atoms with Crippen molar-refractivity contribution in [3.63, 3.8) is 0 Å². The van der Waals surface area contributed by atoms with E-state index in [9.17, 15) is 9.59 Å². The Morgan fingerprint density at radius 2 is 1.75 bits per heavy atom. The van der Waals surface area contributed by atoms with Crippen LogP contribution in [0.3, 0.4) is 0 Å². The van der Waals surface area contributed by atoms with Gasteiger partial charge in [0.1, 0.15) is 11.6 Å². The van der Waals surface area contributed by atoms with Crippen LogP contribution in [0.5, 0.6) is 5.75 Å². The Morgan fingerprint density at radius 1 is 1.04 bits per heavy atom. The zero-order valence-electron chi connectivity index (χ0n) is 15.3. The average Bonchev–Trinajstić information content (AvgIpc) is 2.67. The summed E-state index contributed by atoms with van der Waals surface area (Å²) in [7, 11) is 1.44. The summed E-state index contributed by atoms with van der Waals surface area (Å²) in [5.41, 5.74) is 1.46. The Hall–Kier alpha value is -3.18. The Balaban J connectivity index is 2.04. The van der Waals surface area contributed by atoms with Gasteiger partial charge in [0.05, 0.1) is 18.2 Å². The van der Waals surface area contributed by atoms with Crippen molar-refractivity contribution >= 4 is 29.0 Å². The maximum Gasteiger partial charge on any atom is 0.221 e. The smallest absolute Gasteiger partial charge is 0.221 e. The molecule has 0 atom stereocenters. The number of rotatable bonds is 5. The number of anilines is 1. The standard InChI is InChI=1S/C22H17ClFNO3/c1-13(26)25-17-8-6-14(7-9-17)22(27)18-10-11-19(28-2)20(21(18)24)15-4-3-5-16(23)12-15/h3-12H,1-2H3,(H,25,26). The van der Waals surface area contributed by atoms with Crippen molar-refractivity contribution in [1.29, 1.82) is 0 Å². The largest absolute Gasteiger partial charge is 0.496 e. The van der Waals surface area contributed by atoms with Crippen molar-refractivity contribution in [3.05, 3.63) is 82.6 Å². The first-order valence-corrected chi connectivity index (χ1v) is 8.83. The van der Waals surface area contributed by atoms with Crippen LogP contribution in [-0.2, 0) is 4.79 Å². The summed E-state index contributed by atoms with van der Waals surface area (Å²) in [5.74, 6) is -1.07. The predicted molar refractivity (Wildman–Crippen MR) is 108 cm³/mol. The predicted octanol–water partition coefficient (Wildman–Crippen LogP) is 5.34. The van der Waals surface area contributed by atoms with E-state index in [-0.39, 0.29) is 17.0 Å². The minimum absolute atomic E-state index is 0.0805. The van der Waals surface area contributed by atoms with Crippen LogP contribution >= 0.6 is 11.6 Å². The van der Waals surface area contributed by atoms with Crippen LogP contribution in [-0.4, -0.2) is 18.8 Å².